The summed E-state index contributed by atoms with van der Waals surface area (Å²) in [5, 5.41) is 0. The van der Waals surface area contributed by atoms with Crippen molar-refractivity contribution < 1.29 is 4.79 Å². The Kier molecular flexibility index (Phi) is 2.09. The van der Waals surface area contributed by atoms with Gasteiger partial charge in [-0.05, 0) is 6.92 Å². The molecule has 1 amide bonds. The summed E-state index contributed by atoms with van der Waals surface area (Å²) in [6, 6.07) is 0. The first kappa shape index (κ1) is 8.25. The summed E-state index contributed by atoms with van der Waals surface area (Å²) in [4.78, 5) is 20.9. The van der Waals surface area contributed by atoms with Gasteiger partial charge in [0.05, 0.1) is 6.33 Å². The molecule has 6 nitrogen and oxygen atoms in total. The maximum Gasteiger partial charge on any atom is 0.300 e. The second-order valence-electron chi connectivity index (χ2n) is 2.22. The highest BCUT2D eigenvalue weighted by Crippen LogP contribution is 2.01. The maximum absolute atomic E-state index is 11.1. The lowest BCUT2D eigenvalue weighted by Crippen LogP contribution is -2.24. The summed E-state index contributed by atoms with van der Waals surface area (Å²) in [6.07, 6.45) is 1.41. The molecular formula is C6H9N5O. The maximum atomic E-state index is 11.1. The first-order valence-corrected chi connectivity index (χ1v) is 3.25. The number of hydrogen-bond donors (Lipinski definition) is 3. The van der Waals surface area contributed by atoms with Crippen LogP contribution < -0.4 is 11.5 Å². The Morgan fingerprint density at radius 3 is 2.75 bits per heavy atom. The van der Waals surface area contributed by atoms with Crippen LogP contribution in [-0.2, 0) is 0 Å². The number of guanidine groups is 1. The third-order valence-corrected chi connectivity index (χ3v) is 1.26. The fourth-order valence-corrected chi connectivity index (χ4v) is 0.745. The van der Waals surface area contributed by atoms with Crippen molar-refractivity contribution in [2.24, 2.45) is 16.5 Å². The van der Waals surface area contributed by atoms with Crippen LogP contribution in [0.2, 0.25) is 0 Å². The topological polar surface area (TPSA) is 110 Å². The largest absolute Gasteiger partial charge is 0.370 e. The molecule has 0 aromatic carbocycles. The Hall–Kier alpha value is -1.85. The Morgan fingerprint density at radius 1 is 1.67 bits per heavy atom. The van der Waals surface area contributed by atoms with E-state index < -0.39 is 5.91 Å². The molecule has 64 valence electrons. The van der Waals surface area contributed by atoms with Crippen LogP contribution in [0.4, 0.5) is 0 Å². The molecule has 1 aromatic heterocycles. The molecule has 1 rings (SSSR count). The van der Waals surface area contributed by atoms with E-state index in [0.717, 1.165) is 0 Å². The van der Waals surface area contributed by atoms with Gasteiger partial charge in [0.2, 0.25) is 0 Å². The number of carbonyl (C=O) groups excluding carboxylic acids is 1. The standard InChI is InChI=1S/C6H9N5O/c1-3-4(10-2-9-3)5(12)11-6(7)8/h2H,1H3,(H,9,10)(H4,7,8,11,12). The van der Waals surface area contributed by atoms with Crippen LogP contribution in [0.25, 0.3) is 0 Å². The van der Waals surface area contributed by atoms with Crippen LogP contribution in [0.15, 0.2) is 11.3 Å². The Labute approximate surface area is 68.7 Å². The van der Waals surface area contributed by atoms with Crippen molar-refractivity contribution in [1.29, 1.82) is 0 Å². The van der Waals surface area contributed by atoms with E-state index in [1.807, 2.05) is 0 Å². The van der Waals surface area contributed by atoms with Gasteiger partial charge in [-0.2, -0.15) is 4.99 Å². The summed E-state index contributed by atoms with van der Waals surface area (Å²) in [5.41, 5.74) is 10.9. The van der Waals surface area contributed by atoms with E-state index in [2.05, 4.69) is 15.0 Å². The van der Waals surface area contributed by atoms with Gasteiger partial charge in [0, 0.05) is 5.69 Å². The third kappa shape index (κ3) is 1.60. The number of amides is 1. The minimum Gasteiger partial charge on any atom is -0.370 e. The Morgan fingerprint density at radius 2 is 2.33 bits per heavy atom. The average molecular weight is 167 g/mol. The summed E-state index contributed by atoms with van der Waals surface area (Å²) < 4.78 is 0. The number of aromatic nitrogens is 2. The van der Waals surface area contributed by atoms with Crippen molar-refractivity contribution in [3.63, 3.8) is 0 Å². The van der Waals surface area contributed by atoms with E-state index >= 15 is 0 Å². The summed E-state index contributed by atoms with van der Waals surface area (Å²) in [7, 11) is 0. The van der Waals surface area contributed by atoms with Crippen molar-refractivity contribution in [3.8, 4) is 0 Å². The molecule has 1 heterocycles. The lowest BCUT2D eigenvalue weighted by molar-refractivity contribution is 0.0998. The average Bonchev–Trinajstić information content (AvgIpc) is 2.33. The van der Waals surface area contributed by atoms with Crippen LogP contribution in [0.3, 0.4) is 0 Å². The lowest BCUT2D eigenvalue weighted by atomic mass is 10.3. The molecule has 0 atom stereocenters. The molecule has 5 N–H and O–H groups in total. The minimum atomic E-state index is -0.534. The van der Waals surface area contributed by atoms with E-state index in [4.69, 9.17) is 11.5 Å². The second-order valence-corrected chi connectivity index (χ2v) is 2.22. The van der Waals surface area contributed by atoms with E-state index in [1.165, 1.54) is 6.33 Å². The van der Waals surface area contributed by atoms with Crippen LogP contribution >= 0.6 is 0 Å². The van der Waals surface area contributed by atoms with E-state index in [1.54, 1.807) is 6.92 Å². The number of carbonyl (C=O) groups is 1. The molecule has 0 aliphatic heterocycles. The molecule has 0 bridgehead atoms. The minimum absolute atomic E-state index is 0.239. The molecular weight excluding hydrogens is 158 g/mol. The zero-order valence-corrected chi connectivity index (χ0v) is 6.53. The number of nitrogens with zero attached hydrogens (tertiary/aromatic N) is 2. The van der Waals surface area contributed by atoms with Crippen molar-refractivity contribution in [2.75, 3.05) is 0 Å². The molecule has 0 fully saturated rings. The molecule has 6 heteroatoms. The third-order valence-electron chi connectivity index (χ3n) is 1.26. The monoisotopic (exact) mass is 167 g/mol. The highest BCUT2D eigenvalue weighted by Gasteiger charge is 2.09. The molecule has 0 aliphatic rings. The number of aryl methyl sites for hydroxylation is 1. The van der Waals surface area contributed by atoms with Crippen LogP contribution in [0.1, 0.15) is 16.2 Å². The molecule has 1 aromatic rings. The van der Waals surface area contributed by atoms with Gasteiger partial charge < -0.3 is 16.5 Å². The number of rotatable bonds is 1. The second kappa shape index (κ2) is 3.04. The summed E-state index contributed by atoms with van der Waals surface area (Å²) in [6.45, 7) is 1.71. The first-order chi connectivity index (χ1) is 5.61. The van der Waals surface area contributed by atoms with Crippen LogP contribution in [0, 0.1) is 6.92 Å². The van der Waals surface area contributed by atoms with Gasteiger partial charge in [-0.1, -0.05) is 0 Å². The summed E-state index contributed by atoms with van der Waals surface area (Å²) in [5.74, 6) is -0.795. The summed E-state index contributed by atoms with van der Waals surface area (Å²) >= 11 is 0. The predicted molar refractivity (Wildman–Crippen MR) is 43.5 cm³/mol. The smallest absolute Gasteiger partial charge is 0.300 e. The van der Waals surface area contributed by atoms with Gasteiger partial charge in [-0.15, -0.1) is 0 Å². The fourth-order valence-electron chi connectivity index (χ4n) is 0.745. The quantitative estimate of drug-likeness (QED) is 0.373. The van der Waals surface area contributed by atoms with E-state index in [-0.39, 0.29) is 11.7 Å². The van der Waals surface area contributed by atoms with E-state index in [9.17, 15) is 4.79 Å². The van der Waals surface area contributed by atoms with Crippen molar-refractivity contribution in [2.45, 2.75) is 6.92 Å². The molecule has 0 saturated heterocycles. The number of aromatic amines is 1. The number of H-pyrrole nitrogens is 1. The number of hydrogen-bond acceptors (Lipinski definition) is 2. The van der Waals surface area contributed by atoms with Crippen molar-refractivity contribution in [3.05, 3.63) is 17.7 Å². The molecule has 0 aliphatic carbocycles. The Balaban J connectivity index is 2.93. The van der Waals surface area contributed by atoms with E-state index in [0.29, 0.717) is 5.69 Å². The van der Waals surface area contributed by atoms with Crippen LogP contribution in [-0.4, -0.2) is 21.8 Å². The molecule has 0 saturated carbocycles. The van der Waals surface area contributed by atoms with Gasteiger partial charge in [0.25, 0.3) is 0 Å². The first-order valence-electron chi connectivity index (χ1n) is 3.25. The van der Waals surface area contributed by atoms with Gasteiger partial charge in [-0.3, -0.25) is 4.79 Å². The zero-order valence-electron chi connectivity index (χ0n) is 6.53. The fraction of sp³-hybridized carbons (Fsp3) is 0.167. The predicted octanol–water partition coefficient (Wildman–Crippen LogP) is -0.868. The Bertz CT molecular complexity index is 322. The number of nitrogens with one attached hydrogen (secondary N) is 1. The van der Waals surface area contributed by atoms with Gasteiger partial charge in [0.1, 0.15) is 0 Å². The lowest BCUT2D eigenvalue weighted by Gasteiger charge is -1.91. The SMILES string of the molecule is Cc1[nH]cnc1C(=O)N=C(N)N. The normalized spacial score (nSPS) is 9.42. The number of aliphatic imine (C=N–C) groups is 1. The van der Waals surface area contributed by atoms with Crippen molar-refractivity contribution >= 4 is 11.9 Å². The molecule has 0 radical (unpaired) electrons. The highest BCUT2D eigenvalue weighted by atomic mass is 16.1. The van der Waals surface area contributed by atoms with Gasteiger partial charge >= 0.3 is 5.91 Å². The molecule has 0 unspecified atom stereocenters. The number of nitrogens with two attached hydrogens (primary N) is 2. The van der Waals surface area contributed by atoms with Gasteiger partial charge in [-0.25, -0.2) is 4.98 Å². The molecule has 12 heavy (non-hydrogen) atoms. The highest BCUT2D eigenvalue weighted by molar-refractivity contribution is 6.01. The van der Waals surface area contributed by atoms with Crippen LogP contribution in [0.5, 0.6) is 0 Å². The molecule has 0 spiro atoms. The van der Waals surface area contributed by atoms with Gasteiger partial charge in [0.15, 0.2) is 11.7 Å². The number of imidazole rings is 1. The zero-order chi connectivity index (χ0) is 9.14. The van der Waals surface area contributed by atoms with Crippen molar-refractivity contribution in [1.82, 2.24) is 9.97 Å².